The Labute approximate surface area is 213 Å². The van der Waals surface area contributed by atoms with Crippen LogP contribution in [0.3, 0.4) is 0 Å². The van der Waals surface area contributed by atoms with Crippen molar-refractivity contribution in [1.29, 1.82) is 0 Å². The first kappa shape index (κ1) is 22.5. The van der Waals surface area contributed by atoms with Crippen LogP contribution in [0, 0.1) is 19.8 Å². The van der Waals surface area contributed by atoms with E-state index in [1.807, 2.05) is 13.0 Å². The largest absolute Gasteiger partial charge is 0.318 e. The van der Waals surface area contributed by atoms with Gasteiger partial charge in [0.05, 0.1) is 17.3 Å². The number of carbonyl (C=O) groups excluding carboxylic acids is 1. The molecule has 3 unspecified atom stereocenters. The van der Waals surface area contributed by atoms with E-state index in [0.29, 0.717) is 5.92 Å². The molecular formula is C32H32N3O+. The molecule has 2 aliphatic heterocycles. The Morgan fingerprint density at radius 2 is 1.53 bits per heavy atom. The lowest BCUT2D eigenvalue weighted by atomic mass is 9.79. The third kappa shape index (κ3) is 3.51. The quantitative estimate of drug-likeness (QED) is 0.239. The molecule has 180 valence electrons. The molecule has 1 aromatic heterocycles. The van der Waals surface area contributed by atoms with Crippen molar-refractivity contribution in [3.8, 4) is 0 Å². The summed E-state index contributed by atoms with van der Waals surface area (Å²) < 4.78 is 2.17. The smallest absolute Gasteiger partial charge is 0.248 e. The van der Waals surface area contributed by atoms with Crippen LogP contribution >= 0.6 is 0 Å². The highest BCUT2D eigenvalue weighted by molar-refractivity contribution is 5.91. The number of aromatic nitrogens is 1. The molecule has 4 heteroatoms. The molecule has 0 bridgehead atoms. The maximum Gasteiger partial charge on any atom is 0.248 e. The average molecular weight is 475 g/mol. The van der Waals surface area contributed by atoms with E-state index in [2.05, 4.69) is 113 Å². The summed E-state index contributed by atoms with van der Waals surface area (Å²) in [5.41, 5.74) is 9.42. The van der Waals surface area contributed by atoms with E-state index in [1.54, 1.807) is 6.92 Å². The summed E-state index contributed by atoms with van der Waals surface area (Å²) in [5, 5.41) is 0. The maximum atomic E-state index is 12.6. The van der Waals surface area contributed by atoms with Gasteiger partial charge in [-0.05, 0) is 66.8 Å². The normalized spacial score (nSPS) is 20.1. The number of fused-ring (bicyclic) bond motifs is 5. The van der Waals surface area contributed by atoms with Gasteiger partial charge in [0.15, 0.2) is 12.7 Å². The minimum absolute atomic E-state index is 0.0858. The van der Waals surface area contributed by atoms with Gasteiger partial charge in [-0.2, -0.15) is 4.57 Å². The Balaban J connectivity index is 1.57. The van der Waals surface area contributed by atoms with Gasteiger partial charge in [0, 0.05) is 30.4 Å². The number of pyridine rings is 1. The van der Waals surface area contributed by atoms with Crippen molar-refractivity contribution in [3.63, 3.8) is 0 Å². The molecular weight excluding hydrogens is 442 g/mol. The van der Waals surface area contributed by atoms with Crippen LogP contribution in [0.15, 0.2) is 91.1 Å². The molecule has 0 spiro atoms. The van der Waals surface area contributed by atoms with Crippen LogP contribution in [0.1, 0.15) is 46.9 Å². The average Bonchev–Trinajstić information content (AvgIpc) is 3.22. The van der Waals surface area contributed by atoms with Crippen LogP contribution in [0.5, 0.6) is 0 Å². The van der Waals surface area contributed by atoms with E-state index in [9.17, 15) is 4.79 Å². The molecule has 0 amide bonds. The number of hydrogen-bond donors (Lipinski definition) is 0. The van der Waals surface area contributed by atoms with Gasteiger partial charge in [-0.1, -0.05) is 49.4 Å². The van der Waals surface area contributed by atoms with E-state index in [1.165, 1.54) is 33.9 Å². The molecule has 0 fully saturated rings. The van der Waals surface area contributed by atoms with Crippen LogP contribution in [0.2, 0.25) is 0 Å². The Morgan fingerprint density at radius 1 is 0.806 bits per heavy atom. The number of Topliss-reactive ketones (excluding diaryl/α,β-unsaturated/α-hetero) is 1. The third-order valence-corrected chi connectivity index (χ3v) is 7.88. The molecule has 0 radical (unpaired) electrons. The van der Waals surface area contributed by atoms with Gasteiger partial charge in [-0.15, -0.1) is 0 Å². The molecule has 2 aliphatic rings. The van der Waals surface area contributed by atoms with Crippen molar-refractivity contribution >= 4 is 28.5 Å². The third-order valence-electron chi connectivity index (χ3n) is 7.88. The van der Waals surface area contributed by atoms with E-state index in [4.69, 9.17) is 0 Å². The lowest BCUT2D eigenvalue weighted by molar-refractivity contribution is -0.705. The van der Waals surface area contributed by atoms with Crippen molar-refractivity contribution in [1.82, 2.24) is 0 Å². The molecule has 4 nitrogen and oxygen atoms in total. The molecule has 0 saturated heterocycles. The number of nitrogens with zero attached hydrogens (tertiary/aromatic N) is 3. The van der Waals surface area contributed by atoms with Gasteiger partial charge in [0.2, 0.25) is 11.5 Å². The van der Waals surface area contributed by atoms with Crippen molar-refractivity contribution in [2.75, 3.05) is 9.80 Å². The highest BCUT2D eigenvalue weighted by Gasteiger charge is 2.50. The molecule has 4 aromatic rings. The lowest BCUT2D eigenvalue weighted by Gasteiger charge is -2.45. The number of carbonyl (C=O) groups is 1. The van der Waals surface area contributed by atoms with Crippen LogP contribution in [-0.4, -0.2) is 11.9 Å². The predicted molar refractivity (Wildman–Crippen MR) is 145 cm³/mol. The summed E-state index contributed by atoms with van der Waals surface area (Å²) in [5.74, 6) is 0.640. The lowest BCUT2D eigenvalue weighted by Crippen LogP contribution is -2.55. The standard InChI is InChI=1S/C32H32N3O/c1-21-14-15-29-31(19-21)35-28-13-9-8-12-26(28)23(3)27(32(35)34(29)25-10-6-5-7-11-25)20-33-17-16-22(2)18-30(33)24(4)36/h5-19,23,27,32H,20H2,1-4H3/q+1. The monoisotopic (exact) mass is 474 g/mol. The zero-order valence-electron chi connectivity index (χ0n) is 21.3. The molecule has 0 aliphatic carbocycles. The van der Waals surface area contributed by atoms with Gasteiger partial charge < -0.3 is 9.80 Å². The Morgan fingerprint density at radius 3 is 2.31 bits per heavy atom. The zero-order valence-corrected chi connectivity index (χ0v) is 21.3. The second-order valence-corrected chi connectivity index (χ2v) is 10.3. The topological polar surface area (TPSA) is 27.4 Å². The Hall–Kier alpha value is -3.92. The minimum atomic E-state index is 0.0858. The van der Waals surface area contributed by atoms with Crippen LogP contribution in [0.25, 0.3) is 0 Å². The van der Waals surface area contributed by atoms with Crippen LogP contribution < -0.4 is 14.4 Å². The second-order valence-electron chi connectivity index (χ2n) is 10.3. The summed E-state index contributed by atoms with van der Waals surface area (Å²) in [6.07, 6.45) is 2.17. The summed E-state index contributed by atoms with van der Waals surface area (Å²) in [7, 11) is 0. The van der Waals surface area contributed by atoms with Gasteiger partial charge in [-0.3, -0.25) is 4.79 Å². The van der Waals surface area contributed by atoms with Crippen molar-refractivity contribution < 1.29 is 9.36 Å². The minimum Gasteiger partial charge on any atom is -0.318 e. The first-order valence-corrected chi connectivity index (χ1v) is 12.8. The summed E-state index contributed by atoms with van der Waals surface area (Å²) in [6.45, 7) is 8.98. The van der Waals surface area contributed by atoms with Gasteiger partial charge in [-0.25, -0.2) is 0 Å². The Kier molecular flexibility index (Phi) is 5.40. The number of anilines is 4. The fourth-order valence-electron chi connectivity index (χ4n) is 6.12. The predicted octanol–water partition coefficient (Wildman–Crippen LogP) is 6.84. The van der Waals surface area contributed by atoms with Crippen molar-refractivity contribution in [3.05, 3.63) is 114 Å². The van der Waals surface area contributed by atoms with E-state index >= 15 is 0 Å². The summed E-state index contributed by atoms with van der Waals surface area (Å²) in [4.78, 5) is 17.7. The second kappa shape index (κ2) is 8.63. The summed E-state index contributed by atoms with van der Waals surface area (Å²) >= 11 is 0. The first-order valence-electron chi connectivity index (χ1n) is 12.8. The SMILES string of the molecule is CC(=O)c1cc(C)cc[n+]1CC1C(C)c2ccccc2N2c3cc(C)ccc3N(c3ccccc3)C12. The molecule has 0 saturated carbocycles. The molecule has 3 aromatic carbocycles. The maximum absolute atomic E-state index is 12.6. The molecule has 36 heavy (non-hydrogen) atoms. The van der Waals surface area contributed by atoms with Crippen LogP contribution in [-0.2, 0) is 6.54 Å². The number of para-hydroxylation sites is 2. The van der Waals surface area contributed by atoms with Gasteiger partial charge >= 0.3 is 0 Å². The highest BCUT2D eigenvalue weighted by atomic mass is 16.1. The number of benzene rings is 3. The van der Waals surface area contributed by atoms with E-state index < -0.39 is 0 Å². The molecule has 3 atom stereocenters. The van der Waals surface area contributed by atoms with Gasteiger partial charge in [0.25, 0.3) is 0 Å². The fraction of sp³-hybridized carbons (Fsp3) is 0.250. The molecule has 6 rings (SSSR count). The van der Waals surface area contributed by atoms with E-state index in [-0.39, 0.29) is 17.9 Å². The number of aryl methyl sites for hydroxylation is 2. The first-order chi connectivity index (χ1) is 17.4. The van der Waals surface area contributed by atoms with Crippen molar-refractivity contribution in [2.24, 2.45) is 5.92 Å². The fourth-order valence-corrected chi connectivity index (χ4v) is 6.12. The van der Waals surface area contributed by atoms with Gasteiger partial charge in [0.1, 0.15) is 6.17 Å². The van der Waals surface area contributed by atoms with Crippen LogP contribution in [0.4, 0.5) is 22.7 Å². The van der Waals surface area contributed by atoms with E-state index in [0.717, 1.165) is 17.8 Å². The Bertz CT molecular complexity index is 1460. The number of ketones is 1. The molecule has 3 heterocycles. The highest BCUT2D eigenvalue weighted by Crippen LogP contribution is 2.56. The zero-order chi connectivity index (χ0) is 25.0. The molecule has 0 N–H and O–H groups in total. The number of hydrogen-bond acceptors (Lipinski definition) is 3. The summed E-state index contributed by atoms with van der Waals surface area (Å²) in [6, 6.07) is 30.4. The number of rotatable bonds is 4. The van der Waals surface area contributed by atoms with Crippen molar-refractivity contribution in [2.45, 2.75) is 46.3 Å².